The number of nitrogens with zero attached hydrogens (tertiary/aromatic N) is 2. The molecule has 2 nitrogen and oxygen atoms in total. The topological polar surface area (TPSA) is 25.8 Å². The van der Waals surface area contributed by atoms with Crippen molar-refractivity contribution in [1.82, 2.24) is 9.97 Å². The number of hydrogen-bond donors (Lipinski definition) is 0. The van der Waals surface area contributed by atoms with Gasteiger partial charge in [-0.15, -0.1) is 0 Å². The van der Waals surface area contributed by atoms with E-state index in [0.717, 1.165) is 24.1 Å². The van der Waals surface area contributed by atoms with Crippen molar-refractivity contribution in [1.29, 1.82) is 0 Å². The van der Waals surface area contributed by atoms with Gasteiger partial charge in [0.1, 0.15) is 0 Å². The van der Waals surface area contributed by atoms with Gasteiger partial charge >= 0.3 is 0 Å². The van der Waals surface area contributed by atoms with E-state index in [1.165, 1.54) is 0 Å². The summed E-state index contributed by atoms with van der Waals surface area (Å²) in [7, 11) is 0. The molecule has 98 valence electrons. The maximum absolute atomic E-state index is 13.2. The zero-order chi connectivity index (χ0) is 13.6. The molecule has 1 aromatic heterocycles. The Hall–Kier alpha value is -1.62. The molecule has 3 rings (SSSR count). The Balaban J connectivity index is 1.85. The molecule has 2 atom stereocenters. The van der Waals surface area contributed by atoms with Crippen molar-refractivity contribution in [3.63, 3.8) is 0 Å². The smallest absolute Gasteiger partial charge is 0.222 e. The summed E-state index contributed by atoms with van der Waals surface area (Å²) in [4.78, 5) is 7.73. The summed E-state index contributed by atoms with van der Waals surface area (Å²) in [6.45, 7) is 0. The molecule has 2 aromatic rings. The fraction of sp³-hybridized carbons (Fsp3) is 0.231. The van der Waals surface area contributed by atoms with Crippen molar-refractivity contribution in [3.8, 4) is 0 Å². The number of benzene rings is 1. The van der Waals surface area contributed by atoms with Gasteiger partial charge in [0.15, 0.2) is 17.5 Å². The maximum atomic E-state index is 13.2. The van der Waals surface area contributed by atoms with Gasteiger partial charge in [0.05, 0.1) is 0 Å². The Morgan fingerprint density at radius 2 is 1.47 bits per heavy atom. The highest BCUT2D eigenvalue weighted by Gasteiger charge is 2.40. The normalized spacial score (nSPS) is 21.5. The van der Waals surface area contributed by atoms with E-state index in [1.54, 1.807) is 12.4 Å². The average molecular weight is 285 g/mol. The molecule has 0 N–H and O–H groups in total. The first-order chi connectivity index (χ1) is 9.06. The number of hydrogen-bond acceptors (Lipinski definition) is 2. The Morgan fingerprint density at radius 1 is 0.947 bits per heavy atom. The predicted molar refractivity (Wildman–Crippen MR) is 63.5 cm³/mol. The lowest BCUT2D eigenvalue weighted by molar-refractivity contribution is 0.445. The second-order valence-corrected chi connectivity index (χ2v) is 4.87. The van der Waals surface area contributed by atoms with Crippen LogP contribution in [0.3, 0.4) is 0 Å². The second-order valence-electron chi connectivity index (χ2n) is 4.53. The second kappa shape index (κ2) is 4.49. The minimum atomic E-state index is -1.43. The van der Waals surface area contributed by atoms with Crippen LogP contribution in [0.5, 0.6) is 0 Å². The lowest BCUT2D eigenvalue weighted by atomic mass is 10.1. The van der Waals surface area contributed by atoms with Crippen molar-refractivity contribution >= 4 is 11.6 Å². The monoisotopic (exact) mass is 284 g/mol. The van der Waals surface area contributed by atoms with Crippen molar-refractivity contribution in [2.45, 2.75) is 18.3 Å². The van der Waals surface area contributed by atoms with Gasteiger partial charge in [0.25, 0.3) is 0 Å². The Morgan fingerprint density at radius 3 is 2.05 bits per heavy atom. The van der Waals surface area contributed by atoms with Crippen molar-refractivity contribution in [2.75, 3.05) is 0 Å². The molecule has 6 heteroatoms. The molecule has 1 aliphatic carbocycles. The molecule has 1 fully saturated rings. The van der Waals surface area contributed by atoms with Gasteiger partial charge in [-0.2, -0.15) is 0 Å². The number of halogens is 4. The van der Waals surface area contributed by atoms with Crippen LogP contribution in [0.25, 0.3) is 0 Å². The van der Waals surface area contributed by atoms with Gasteiger partial charge in [0.2, 0.25) is 5.28 Å². The van der Waals surface area contributed by atoms with Gasteiger partial charge in [0, 0.05) is 12.4 Å². The fourth-order valence-corrected chi connectivity index (χ4v) is 2.33. The quantitative estimate of drug-likeness (QED) is 0.619. The highest BCUT2D eigenvalue weighted by Crippen LogP contribution is 2.54. The summed E-state index contributed by atoms with van der Waals surface area (Å²) < 4.78 is 39.2. The summed E-state index contributed by atoms with van der Waals surface area (Å²) >= 11 is 5.59. The highest BCUT2D eigenvalue weighted by molar-refractivity contribution is 6.28. The van der Waals surface area contributed by atoms with Crippen LogP contribution in [-0.4, -0.2) is 9.97 Å². The zero-order valence-electron chi connectivity index (χ0n) is 9.58. The maximum Gasteiger partial charge on any atom is 0.222 e. The molecule has 0 unspecified atom stereocenters. The third-order valence-electron chi connectivity index (χ3n) is 3.29. The molecule has 0 spiro atoms. The van der Waals surface area contributed by atoms with Crippen LogP contribution in [0.4, 0.5) is 13.2 Å². The summed E-state index contributed by atoms with van der Waals surface area (Å²) in [6.07, 6.45) is 3.92. The fourth-order valence-electron chi connectivity index (χ4n) is 2.23. The summed E-state index contributed by atoms with van der Waals surface area (Å²) in [6, 6.07) is 2.08. The van der Waals surface area contributed by atoms with E-state index in [4.69, 9.17) is 11.6 Å². The van der Waals surface area contributed by atoms with Crippen LogP contribution in [0.15, 0.2) is 24.5 Å². The van der Waals surface area contributed by atoms with E-state index in [1.807, 2.05) is 0 Å². The first-order valence-electron chi connectivity index (χ1n) is 5.68. The molecule has 0 saturated heterocycles. The van der Waals surface area contributed by atoms with Crippen LogP contribution < -0.4 is 0 Å². The Labute approximate surface area is 112 Å². The molecule has 0 amide bonds. The summed E-state index contributed by atoms with van der Waals surface area (Å²) in [5.74, 6) is -3.69. The summed E-state index contributed by atoms with van der Waals surface area (Å²) in [5.41, 5.74) is 1.32. The molecule has 1 aliphatic rings. The molecule has 1 aromatic carbocycles. The Bertz CT molecular complexity index is 607. The van der Waals surface area contributed by atoms with Crippen molar-refractivity contribution < 1.29 is 13.2 Å². The zero-order valence-corrected chi connectivity index (χ0v) is 10.3. The largest absolute Gasteiger partial charge is 0.226 e. The van der Waals surface area contributed by atoms with E-state index < -0.39 is 17.5 Å². The molecule has 1 saturated carbocycles. The molecule has 19 heavy (non-hydrogen) atoms. The van der Waals surface area contributed by atoms with Crippen LogP contribution >= 0.6 is 11.6 Å². The van der Waals surface area contributed by atoms with E-state index in [9.17, 15) is 13.2 Å². The van der Waals surface area contributed by atoms with Gasteiger partial charge in [-0.05, 0) is 53.1 Å². The van der Waals surface area contributed by atoms with Crippen LogP contribution in [0.1, 0.15) is 29.4 Å². The lowest BCUT2D eigenvalue weighted by Crippen LogP contribution is -1.95. The van der Waals surface area contributed by atoms with Crippen molar-refractivity contribution in [2.24, 2.45) is 0 Å². The molecular weight excluding hydrogens is 277 g/mol. The van der Waals surface area contributed by atoms with E-state index in [2.05, 4.69) is 9.97 Å². The lowest BCUT2D eigenvalue weighted by Gasteiger charge is -2.03. The average Bonchev–Trinajstić information content (AvgIpc) is 3.16. The molecule has 1 heterocycles. The third-order valence-corrected chi connectivity index (χ3v) is 3.49. The first kappa shape index (κ1) is 12.4. The SMILES string of the molecule is Fc1cc([C@@H]2C[C@H]2c2cnc(Cl)nc2)cc(F)c1F. The van der Waals surface area contributed by atoms with Crippen LogP contribution in [-0.2, 0) is 0 Å². The first-order valence-corrected chi connectivity index (χ1v) is 6.06. The molecule has 0 aliphatic heterocycles. The van der Waals surface area contributed by atoms with Gasteiger partial charge in [-0.3, -0.25) is 0 Å². The number of aromatic nitrogens is 2. The highest BCUT2D eigenvalue weighted by atomic mass is 35.5. The van der Waals surface area contributed by atoms with Crippen molar-refractivity contribution in [3.05, 3.63) is 58.4 Å². The number of rotatable bonds is 2. The van der Waals surface area contributed by atoms with E-state index in [0.29, 0.717) is 5.56 Å². The summed E-state index contributed by atoms with van der Waals surface area (Å²) in [5, 5.41) is 0.153. The minimum Gasteiger partial charge on any atom is -0.226 e. The Kier molecular flexibility index (Phi) is 2.93. The van der Waals surface area contributed by atoms with Gasteiger partial charge in [-0.1, -0.05) is 0 Å². The van der Waals surface area contributed by atoms with Gasteiger partial charge in [-0.25, -0.2) is 23.1 Å². The predicted octanol–water partition coefficient (Wildman–Crippen LogP) is 3.82. The standard InChI is InChI=1S/C13H8ClF3N2/c14-13-18-4-7(5-19-13)9-3-8(9)6-1-10(15)12(17)11(16)2-6/h1-2,4-5,8-9H,3H2/t8-,9-/m0/s1. The van der Waals surface area contributed by atoms with Gasteiger partial charge < -0.3 is 0 Å². The third kappa shape index (κ3) is 2.30. The molecular formula is C13H8ClF3N2. The molecule has 0 bridgehead atoms. The molecule has 0 radical (unpaired) electrons. The minimum absolute atomic E-state index is 0.0330. The van der Waals surface area contributed by atoms with Crippen LogP contribution in [0, 0.1) is 17.5 Å². The van der Waals surface area contributed by atoms with Crippen LogP contribution in [0.2, 0.25) is 5.28 Å². The van der Waals surface area contributed by atoms with E-state index in [-0.39, 0.29) is 17.1 Å². The van der Waals surface area contributed by atoms with E-state index >= 15 is 0 Å².